The molecular formula is C58H74N12O5S2. The van der Waals surface area contributed by atoms with Gasteiger partial charge in [-0.2, -0.15) is 0 Å². The Morgan fingerprint density at radius 2 is 1.12 bits per heavy atom. The van der Waals surface area contributed by atoms with Crippen LogP contribution in [0.3, 0.4) is 0 Å². The van der Waals surface area contributed by atoms with Crippen LogP contribution in [0.2, 0.25) is 0 Å². The predicted molar refractivity (Wildman–Crippen MR) is 306 cm³/mol. The number of thiazole rings is 2. The summed E-state index contributed by atoms with van der Waals surface area (Å²) in [5, 5.41) is 19.5. The minimum absolute atomic E-state index is 0.146. The van der Waals surface area contributed by atoms with Gasteiger partial charge in [0.25, 0.3) is 0 Å². The Labute approximate surface area is 459 Å². The number of carbonyl (C=O) groups is 4. The first kappa shape index (κ1) is 54.2. The average molecular weight is 1080 g/mol. The Morgan fingerprint density at radius 1 is 0.623 bits per heavy atom. The van der Waals surface area contributed by atoms with Gasteiger partial charge in [0.1, 0.15) is 11.6 Å². The lowest BCUT2D eigenvalue weighted by atomic mass is 9.89. The molecule has 77 heavy (non-hydrogen) atoms. The second-order valence-corrected chi connectivity index (χ2v) is 24.6. The fraction of sp³-hybridized carbons (Fsp3) is 0.517. The van der Waals surface area contributed by atoms with Gasteiger partial charge in [-0.25, -0.2) is 24.7 Å². The van der Waals surface area contributed by atoms with Gasteiger partial charge in [0.15, 0.2) is 0 Å². The van der Waals surface area contributed by atoms with Crippen molar-refractivity contribution >= 4 is 89.8 Å². The van der Waals surface area contributed by atoms with E-state index in [0.717, 1.165) is 54.0 Å². The summed E-state index contributed by atoms with van der Waals surface area (Å²) in [6.45, 7) is 14.6. The molecule has 3 amide bonds. The molecule has 2 aromatic carbocycles. The van der Waals surface area contributed by atoms with Crippen molar-refractivity contribution in [2.75, 3.05) is 61.4 Å². The first-order valence-electron chi connectivity index (χ1n) is 27.7. The van der Waals surface area contributed by atoms with E-state index in [4.69, 9.17) is 26.5 Å². The lowest BCUT2D eigenvalue weighted by molar-refractivity contribution is -0.147. The molecule has 4 saturated heterocycles. The molecule has 6 aromatic rings. The van der Waals surface area contributed by atoms with Gasteiger partial charge in [-0.3, -0.25) is 14.4 Å². The van der Waals surface area contributed by atoms with Crippen LogP contribution in [0.1, 0.15) is 147 Å². The van der Waals surface area contributed by atoms with E-state index in [-0.39, 0.29) is 6.04 Å². The van der Waals surface area contributed by atoms with Crippen LogP contribution in [0.25, 0.3) is 20.4 Å². The highest BCUT2D eigenvalue weighted by molar-refractivity contribution is 7.19. The van der Waals surface area contributed by atoms with E-state index < -0.39 is 23.7 Å². The third-order valence-corrected chi connectivity index (χ3v) is 18.8. The molecule has 0 radical (unpaired) electrons. The first-order valence-corrected chi connectivity index (χ1v) is 29.4. The number of nitrogen functional groups attached to an aromatic ring is 2. The highest BCUT2D eigenvalue weighted by Crippen LogP contribution is 2.41. The van der Waals surface area contributed by atoms with Crippen molar-refractivity contribution in [2.24, 2.45) is 11.8 Å². The number of hydrogen-bond acceptors (Lipinski definition) is 15. The SMILES string of the molecule is C[C@H]1CC[C@H](c2ccc3sc(C4CCN(C5CC5)CC4)nc3c2)NC1.Cc1cc(NC(=O)C(=O)N2C[C@@H](C)CC[C@@H]2c2ccc3sc(C4CCN(C5CC5)CC4)nc3c2)cnc1N.Cc1cc(NC(=O)C(=O)O)cnc1N. The molecule has 2 saturated carbocycles. The first-order chi connectivity index (χ1) is 37.1. The van der Waals surface area contributed by atoms with Gasteiger partial charge in [-0.1, -0.05) is 26.0 Å². The summed E-state index contributed by atoms with van der Waals surface area (Å²) in [5.41, 5.74) is 18.1. The topological polar surface area (TPSA) is 238 Å². The van der Waals surface area contributed by atoms with Gasteiger partial charge in [0.2, 0.25) is 0 Å². The quantitative estimate of drug-likeness (QED) is 0.0779. The number of fused-ring (bicyclic) bond motifs is 2. The van der Waals surface area contributed by atoms with Crippen LogP contribution in [0.15, 0.2) is 60.9 Å². The lowest BCUT2D eigenvalue weighted by Gasteiger charge is -2.38. The fourth-order valence-corrected chi connectivity index (χ4v) is 13.6. The number of carbonyl (C=O) groups excluding carboxylic acids is 3. The molecule has 19 heteroatoms. The number of likely N-dealkylation sites (tertiary alicyclic amines) is 3. The van der Waals surface area contributed by atoms with Crippen LogP contribution < -0.4 is 27.4 Å². The second kappa shape index (κ2) is 23.9. The Morgan fingerprint density at radius 3 is 1.60 bits per heavy atom. The highest BCUT2D eigenvalue weighted by Gasteiger charge is 2.37. The molecule has 0 bridgehead atoms. The summed E-state index contributed by atoms with van der Waals surface area (Å²) in [5.74, 6) is -0.689. The molecule has 8 N–H and O–H groups in total. The minimum atomic E-state index is -1.54. The van der Waals surface area contributed by atoms with Crippen molar-refractivity contribution in [1.29, 1.82) is 0 Å². The molecule has 6 fully saturated rings. The van der Waals surface area contributed by atoms with Gasteiger partial charge in [-0.05, 0) is 194 Å². The van der Waals surface area contributed by atoms with Crippen LogP contribution in [0, 0.1) is 25.7 Å². The van der Waals surface area contributed by atoms with Crippen molar-refractivity contribution in [1.82, 2.24) is 40.0 Å². The maximum Gasteiger partial charge on any atom is 0.394 e. The van der Waals surface area contributed by atoms with Crippen molar-refractivity contribution < 1.29 is 24.3 Å². The maximum atomic E-state index is 13.4. The van der Waals surface area contributed by atoms with Gasteiger partial charge in [-0.15, -0.1) is 22.7 Å². The van der Waals surface area contributed by atoms with E-state index in [9.17, 15) is 19.2 Å². The predicted octanol–water partition coefficient (Wildman–Crippen LogP) is 9.56. The Balaban J connectivity index is 0.000000147. The summed E-state index contributed by atoms with van der Waals surface area (Å²) < 4.78 is 2.56. The minimum Gasteiger partial charge on any atom is -0.474 e. The van der Waals surface area contributed by atoms with Gasteiger partial charge in [0.05, 0.1) is 60.3 Å². The number of nitrogens with zero attached hydrogens (tertiary/aromatic N) is 7. The third-order valence-electron chi connectivity index (χ3n) is 16.4. The number of carboxylic acids is 1. The normalized spacial score (nSPS) is 22.6. The zero-order valence-electron chi connectivity index (χ0n) is 44.8. The number of anilines is 4. The summed E-state index contributed by atoms with van der Waals surface area (Å²) in [7, 11) is 0. The Hall–Kier alpha value is -6.12. The van der Waals surface area contributed by atoms with Crippen molar-refractivity contribution in [3.05, 3.63) is 93.2 Å². The van der Waals surface area contributed by atoms with Gasteiger partial charge >= 0.3 is 23.7 Å². The molecule has 17 nitrogen and oxygen atoms in total. The number of nitrogens with two attached hydrogens (primary N) is 2. The Kier molecular flexibility index (Phi) is 16.8. The van der Waals surface area contributed by atoms with Crippen LogP contribution >= 0.6 is 22.7 Å². The monoisotopic (exact) mass is 1080 g/mol. The largest absolute Gasteiger partial charge is 0.474 e. The van der Waals surface area contributed by atoms with E-state index in [1.807, 2.05) is 29.6 Å². The highest BCUT2D eigenvalue weighted by atomic mass is 32.1. The summed E-state index contributed by atoms with van der Waals surface area (Å²) >= 11 is 3.75. The Bertz CT molecular complexity index is 3100. The number of piperidine rings is 4. The summed E-state index contributed by atoms with van der Waals surface area (Å²) in [6.07, 6.45) is 17.8. The zero-order chi connectivity index (χ0) is 53.9. The summed E-state index contributed by atoms with van der Waals surface area (Å²) in [4.78, 5) is 72.4. The molecule has 408 valence electrons. The lowest BCUT2D eigenvalue weighted by Crippen LogP contribution is -2.46. The van der Waals surface area contributed by atoms with Crippen LogP contribution in [-0.2, 0) is 19.2 Å². The fourth-order valence-electron chi connectivity index (χ4n) is 11.4. The van der Waals surface area contributed by atoms with Crippen molar-refractivity contribution in [2.45, 2.75) is 141 Å². The number of aryl methyl sites for hydroxylation is 2. The number of nitrogens with one attached hydrogen (secondary N) is 3. The standard InChI is InChI=1S/C29H36N6O2S.C21H29N3S.C8H9N3O3/c1-17-3-7-24(35(16-17)29(37)27(36)32-21-13-18(2)26(30)31-15-21)20-4-8-25-23(14-20)33-28(38-25)19-9-11-34(12-10-19)22-5-6-22;1-14-2-6-18(22-13-14)16-3-7-20-19(12-16)23-21(25-20)15-8-10-24(11-9-15)17-4-5-17;1-4-2-5(3-10-6(4)9)11-7(12)8(13)14/h4,8,13-15,17,19,22,24H,3,5-7,9-12,16H2,1-2H3,(H2,30,31)(H,32,36);3,7,12,14-15,17-18,22H,2,4-6,8-11,13H2,1H3;2-3H,1H3,(H2,9,10)(H,11,12)(H,13,14)/t17-,24+;14-,18+;/m00./s1. The number of benzene rings is 2. The van der Waals surface area contributed by atoms with Crippen LogP contribution in [0.4, 0.5) is 23.0 Å². The van der Waals surface area contributed by atoms with E-state index in [0.29, 0.717) is 58.9 Å². The number of amides is 3. The molecule has 4 atom stereocenters. The molecular weight excluding hydrogens is 1010 g/mol. The molecule has 4 aromatic heterocycles. The molecule has 2 aliphatic carbocycles. The van der Waals surface area contributed by atoms with E-state index in [2.05, 4.69) is 86.0 Å². The van der Waals surface area contributed by atoms with E-state index in [1.54, 1.807) is 24.0 Å². The number of aliphatic carboxylic acids is 1. The van der Waals surface area contributed by atoms with E-state index >= 15 is 0 Å². The molecule has 6 aliphatic rings. The molecule has 12 rings (SSSR count). The second-order valence-electron chi connectivity index (χ2n) is 22.5. The van der Waals surface area contributed by atoms with Gasteiger partial charge in [0, 0.05) is 36.5 Å². The van der Waals surface area contributed by atoms with E-state index in [1.165, 1.54) is 133 Å². The summed E-state index contributed by atoms with van der Waals surface area (Å²) in [6, 6.07) is 18.8. The molecule has 4 aliphatic heterocycles. The number of hydrogen-bond donors (Lipinski definition) is 6. The third kappa shape index (κ3) is 13.4. The van der Waals surface area contributed by atoms with Gasteiger partial charge < -0.3 is 47.2 Å². The number of aromatic nitrogens is 4. The number of rotatable bonds is 8. The van der Waals surface area contributed by atoms with Crippen molar-refractivity contribution in [3.63, 3.8) is 0 Å². The zero-order valence-corrected chi connectivity index (χ0v) is 46.4. The average Bonchev–Trinajstić information content (AvgIpc) is 4.39. The molecule has 0 spiro atoms. The maximum absolute atomic E-state index is 13.4. The number of carboxylic acid groups (broad SMARTS) is 1. The molecule has 0 unspecified atom stereocenters. The van der Waals surface area contributed by atoms with Crippen LogP contribution in [-0.4, -0.2) is 115 Å². The smallest absolute Gasteiger partial charge is 0.394 e. The molecule has 8 heterocycles. The van der Waals surface area contributed by atoms with Crippen molar-refractivity contribution in [3.8, 4) is 0 Å². The number of pyridine rings is 2. The van der Waals surface area contributed by atoms with Crippen LogP contribution in [0.5, 0.6) is 0 Å².